The van der Waals surface area contributed by atoms with Crippen molar-refractivity contribution in [1.29, 1.82) is 0 Å². The third-order valence-corrected chi connectivity index (χ3v) is 9.49. The molecule has 3 aliphatic carbocycles. The van der Waals surface area contributed by atoms with Gasteiger partial charge in [-0.15, -0.1) is 0 Å². The van der Waals surface area contributed by atoms with E-state index in [1.807, 2.05) is 0 Å². The van der Waals surface area contributed by atoms with E-state index in [0.717, 1.165) is 24.3 Å². The van der Waals surface area contributed by atoms with Crippen LogP contribution >= 0.6 is 0 Å². The quantitative estimate of drug-likeness (QED) is 0.519. The highest BCUT2D eigenvalue weighted by Gasteiger charge is 2.61. The molecule has 3 heteroatoms. The Morgan fingerprint density at radius 1 is 1.11 bits per heavy atom. The molecule has 156 valence electrons. The molecular weight excluding hydrogens is 348 g/mol. The van der Waals surface area contributed by atoms with Crippen LogP contribution in [0.4, 0.5) is 0 Å². The number of carbonyl (C=O) groups is 1. The lowest BCUT2D eigenvalue weighted by atomic mass is 9.39. The van der Waals surface area contributed by atoms with Gasteiger partial charge in [-0.25, -0.2) is 4.79 Å². The van der Waals surface area contributed by atoms with Gasteiger partial charge in [0.05, 0.1) is 6.61 Å². The predicted octanol–water partition coefficient (Wildman–Crippen LogP) is 5.44. The first-order chi connectivity index (χ1) is 13.1. The van der Waals surface area contributed by atoms with Crippen LogP contribution in [-0.2, 0) is 9.53 Å². The first kappa shape index (κ1) is 20.2. The predicted molar refractivity (Wildman–Crippen MR) is 112 cm³/mol. The Morgan fingerprint density at radius 2 is 1.86 bits per heavy atom. The molecule has 0 bridgehead atoms. The fourth-order valence-corrected chi connectivity index (χ4v) is 8.22. The van der Waals surface area contributed by atoms with Gasteiger partial charge in [0, 0.05) is 11.6 Å². The number of carbonyl (C=O) groups excluding carboxylic acids is 1. The maximum absolute atomic E-state index is 11.8. The van der Waals surface area contributed by atoms with E-state index < -0.39 is 0 Å². The van der Waals surface area contributed by atoms with Crippen LogP contribution in [0.25, 0.3) is 0 Å². The van der Waals surface area contributed by atoms with Gasteiger partial charge in [0.2, 0.25) is 0 Å². The number of aliphatic hydroxyl groups excluding tert-OH is 1. The number of hydrogen-bond donors (Lipinski definition) is 1. The van der Waals surface area contributed by atoms with Gasteiger partial charge in [0.1, 0.15) is 6.10 Å². The third-order valence-electron chi connectivity index (χ3n) is 9.49. The molecule has 0 aromatic carbocycles. The van der Waals surface area contributed by atoms with E-state index in [-0.39, 0.29) is 24.1 Å². The Hall–Kier alpha value is -1.09. The van der Waals surface area contributed by atoms with Crippen molar-refractivity contribution in [2.24, 2.45) is 34.0 Å². The average molecular weight is 387 g/mol. The summed E-state index contributed by atoms with van der Waals surface area (Å²) in [5, 5.41) is 9.68. The summed E-state index contributed by atoms with van der Waals surface area (Å²) in [6.45, 7) is 14.4. The maximum atomic E-state index is 11.8. The Labute approximate surface area is 170 Å². The lowest BCUT2D eigenvalue weighted by Gasteiger charge is -2.66. The molecule has 28 heavy (non-hydrogen) atoms. The summed E-state index contributed by atoms with van der Waals surface area (Å²) in [7, 11) is 0. The van der Waals surface area contributed by atoms with Crippen LogP contribution in [0, 0.1) is 34.0 Å². The number of esters is 1. The highest BCUT2D eigenvalue weighted by Crippen LogP contribution is 2.69. The van der Waals surface area contributed by atoms with Gasteiger partial charge >= 0.3 is 5.97 Å². The highest BCUT2D eigenvalue weighted by molar-refractivity contribution is 5.85. The van der Waals surface area contributed by atoms with Crippen LogP contribution in [0.2, 0.25) is 0 Å². The van der Waals surface area contributed by atoms with Gasteiger partial charge in [-0.05, 0) is 78.9 Å². The zero-order chi connectivity index (χ0) is 20.3. The van der Waals surface area contributed by atoms with E-state index in [1.165, 1.54) is 50.2 Å². The van der Waals surface area contributed by atoms with Crippen molar-refractivity contribution < 1.29 is 14.6 Å². The average Bonchev–Trinajstić information content (AvgIpc) is 2.96. The summed E-state index contributed by atoms with van der Waals surface area (Å²) in [5.74, 6) is 1.56. The molecule has 0 amide bonds. The molecule has 0 saturated heterocycles. The van der Waals surface area contributed by atoms with Crippen molar-refractivity contribution in [3.05, 3.63) is 23.8 Å². The van der Waals surface area contributed by atoms with Crippen LogP contribution < -0.4 is 0 Å². The van der Waals surface area contributed by atoms with Gasteiger partial charge in [0.25, 0.3) is 0 Å². The Balaban J connectivity index is 1.64. The lowest BCUT2D eigenvalue weighted by molar-refractivity contribution is -0.159. The summed E-state index contributed by atoms with van der Waals surface area (Å²) in [5.41, 5.74) is 3.11. The molecule has 3 fully saturated rings. The molecule has 4 aliphatic rings. The molecule has 0 spiro atoms. The summed E-state index contributed by atoms with van der Waals surface area (Å²) in [6, 6.07) is 0. The molecule has 1 heterocycles. The minimum absolute atomic E-state index is 0.0935. The lowest BCUT2D eigenvalue weighted by Crippen LogP contribution is -2.58. The number of ether oxygens (including phenoxy) is 1. The Morgan fingerprint density at radius 3 is 2.57 bits per heavy atom. The minimum Gasteiger partial charge on any atom is -0.455 e. The first-order valence-electron chi connectivity index (χ1n) is 11.3. The van der Waals surface area contributed by atoms with E-state index >= 15 is 0 Å². The molecule has 3 nitrogen and oxygen atoms in total. The number of rotatable bonds is 3. The van der Waals surface area contributed by atoms with Crippen LogP contribution in [0.3, 0.4) is 0 Å². The van der Waals surface area contributed by atoms with Gasteiger partial charge in [-0.1, -0.05) is 46.3 Å². The molecule has 0 radical (unpaired) electrons. The molecule has 1 aliphatic heterocycles. The van der Waals surface area contributed by atoms with Crippen molar-refractivity contribution in [2.75, 3.05) is 6.61 Å². The number of fused-ring (bicyclic) bond motifs is 3. The standard InChI is InChI=1S/C25H38O3/c1-16-7-8-21-24(4,18(16)14-19-17(15-26)13-22(27)28-19)12-9-20-23(2,3)10-6-11-25(20,21)5/h13,18-21,26H,1,6-12,14-15H2,2-5H3/t18-,19?,20+,21+,24+,25+/m1/s1. The zero-order valence-electron chi connectivity index (χ0n) is 18.2. The second-order valence-electron chi connectivity index (χ2n) is 11.3. The SMILES string of the molecule is C=C1CC[C@H]2[C@@](C)(CC[C@H]3C(C)(C)CCC[C@]23C)[C@@H]1CC1OC(=O)C=C1CO. The fraction of sp³-hybridized carbons (Fsp3) is 0.800. The van der Waals surface area contributed by atoms with Crippen molar-refractivity contribution in [3.8, 4) is 0 Å². The minimum atomic E-state index is -0.304. The number of hydrogen-bond acceptors (Lipinski definition) is 3. The Bertz CT molecular complexity index is 705. The molecular formula is C25H38O3. The molecule has 3 saturated carbocycles. The molecule has 1 unspecified atom stereocenters. The Kier molecular flexibility index (Phi) is 4.85. The van der Waals surface area contributed by atoms with Gasteiger partial charge < -0.3 is 9.84 Å². The summed E-state index contributed by atoms with van der Waals surface area (Å²) < 4.78 is 5.57. The molecule has 4 rings (SSSR count). The van der Waals surface area contributed by atoms with Gasteiger partial charge in [0.15, 0.2) is 0 Å². The van der Waals surface area contributed by atoms with Crippen LogP contribution in [0.1, 0.15) is 79.1 Å². The van der Waals surface area contributed by atoms with E-state index in [1.54, 1.807) is 0 Å². The monoisotopic (exact) mass is 386 g/mol. The molecule has 0 aromatic rings. The second kappa shape index (κ2) is 6.72. The summed E-state index contributed by atoms with van der Waals surface area (Å²) >= 11 is 0. The maximum Gasteiger partial charge on any atom is 0.331 e. The topological polar surface area (TPSA) is 46.5 Å². The molecule has 1 N–H and O–H groups in total. The van der Waals surface area contributed by atoms with Crippen LogP contribution in [-0.4, -0.2) is 23.8 Å². The highest BCUT2D eigenvalue weighted by atomic mass is 16.5. The molecule has 0 aromatic heterocycles. The first-order valence-corrected chi connectivity index (χ1v) is 11.3. The number of aliphatic hydroxyl groups is 1. The van der Waals surface area contributed by atoms with Gasteiger partial charge in [-0.2, -0.15) is 0 Å². The summed E-state index contributed by atoms with van der Waals surface area (Å²) in [4.78, 5) is 11.8. The van der Waals surface area contributed by atoms with Crippen LogP contribution in [0.15, 0.2) is 23.8 Å². The normalized spacial score (nSPS) is 45.1. The smallest absolute Gasteiger partial charge is 0.331 e. The van der Waals surface area contributed by atoms with Crippen molar-refractivity contribution in [2.45, 2.75) is 85.2 Å². The van der Waals surface area contributed by atoms with E-state index in [4.69, 9.17) is 4.74 Å². The van der Waals surface area contributed by atoms with Crippen molar-refractivity contribution in [3.63, 3.8) is 0 Å². The second-order valence-corrected chi connectivity index (χ2v) is 11.3. The molecule has 6 atom stereocenters. The third kappa shape index (κ3) is 2.91. The summed E-state index contributed by atoms with van der Waals surface area (Å²) in [6.07, 6.45) is 10.9. The van der Waals surface area contributed by atoms with Crippen molar-refractivity contribution in [1.82, 2.24) is 0 Å². The van der Waals surface area contributed by atoms with Gasteiger partial charge in [-0.3, -0.25) is 0 Å². The van der Waals surface area contributed by atoms with E-state index in [9.17, 15) is 9.90 Å². The van der Waals surface area contributed by atoms with E-state index in [2.05, 4.69) is 34.3 Å². The largest absolute Gasteiger partial charge is 0.455 e. The van der Waals surface area contributed by atoms with Crippen molar-refractivity contribution >= 4 is 5.97 Å². The number of allylic oxidation sites excluding steroid dienone is 1. The van der Waals surface area contributed by atoms with E-state index in [0.29, 0.717) is 22.7 Å². The van der Waals surface area contributed by atoms with Crippen LogP contribution in [0.5, 0.6) is 0 Å². The number of cyclic esters (lactones) is 1. The zero-order valence-corrected chi connectivity index (χ0v) is 18.2. The fourth-order valence-electron chi connectivity index (χ4n) is 8.22.